The number of sulfonamides is 1. The second-order valence-electron chi connectivity index (χ2n) is 16.4. The number of amides is 4. The van der Waals surface area contributed by atoms with Crippen LogP contribution in [0.4, 0.5) is 27.2 Å². The molecule has 2 heterocycles. The van der Waals surface area contributed by atoms with Crippen molar-refractivity contribution < 1.29 is 59.8 Å². The Hall–Kier alpha value is -4.00. The molecular formula is C36H49F4N5O9S. The minimum absolute atomic E-state index is 0.0993. The first-order valence-electron chi connectivity index (χ1n) is 18.4. The van der Waals surface area contributed by atoms with Gasteiger partial charge in [-0.3, -0.25) is 28.9 Å². The molecule has 7 atom stereocenters. The average molecular weight is 804 g/mol. The van der Waals surface area contributed by atoms with E-state index in [1.807, 2.05) is 11.4 Å². The number of nitrogens with zero attached hydrogens (tertiary/aromatic N) is 2. The lowest BCUT2D eigenvalue weighted by atomic mass is 9.91. The summed E-state index contributed by atoms with van der Waals surface area (Å²) in [6.45, 7) is 7.02. The van der Waals surface area contributed by atoms with Crippen LogP contribution in [0, 0.1) is 17.8 Å². The summed E-state index contributed by atoms with van der Waals surface area (Å²) in [6.07, 6.45) is 0.540. The molecule has 0 bridgehead atoms. The molecule has 2 saturated carbocycles. The Morgan fingerprint density at radius 3 is 2.35 bits per heavy atom. The fourth-order valence-electron chi connectivity index (χ4n) is 7.48. The van der Waals surface area contributed by atoms with Gasteiger partial charge in [-0.2, -0.15) is 13.2 Å². The molecule has 306 valence electrons. The van der Waals surface area contributed by atoms with Crippen LogP contribution in [0.1, 0.15) is 86.0 Å². The fourth-order valence-corrected chi connectivity index (χ4v) is 8.80. The van der Waals surface area contributed by atoms with Gasteiger partial charge in [0.25, 0.3) is 5.91 Å². The number of carboxylic acid groups (broad SMARTS) is 1. The number of allylic oxidation sites excluding steroid dienone is 3. The predicted molar refractivity (Wildman–Crippen MR) is 189 cm³/mol. The van der Waals surface area contributed by atoms with Crippen LogP contribution in [0.25, 0.3) is 0 Å². The summed E-state index contributed by atoms with van der Waals surface area (Å²) >= 11 is 0. The molecule has 0 spiro atoms. The van der Waals surface area contributed by atoms with E-state index in [2.05, 4.69) is 28.6 Å². The number of carbonyl (C=O) groups is 5. The molecule has 4 amide bonds. The monoisotopic (exact) mass is 803 g/mol. The Morgan fingerprint density at radius 1 is 1.07 bits per heavy atom. The Kier molecular flexibility index (Phi) is 11.6. The maximum atomic E-state index is 14.6. The lowest BCUT2D eigenvalue weighted by Crippen LogP contribution is -2.56. The number of ketones is 1. The first kappa shape index (κ1) is 42.1. The fraction of sp³-hybridized carbons (Fsp3) is 0.694. The van der Waals surface area contributed by atoms with Gasteiger partial charge in [-0.25, -0.2) is 22.4 Å². The Bertz CT molecular complexity index is 1790. The Balaban J connectivity index is 1.44. The van der Waals surface area contributed by atoms with Gasteiger partial charge in [-0.05, 0) is 103 Å². The summed E-state index contributed by atoms with van der Waals surface area (Å²) in [5.41, 5.74) is -5.11. The number of nitrogens with one attached hydrogen (secondary N) is 3. The van der Waals surface area contributed by atoms with E-state index >= 15 is 0 Å². The van der Waals surface area contributed by atoms with Crippen LogP contribution in [-0.4, -0.2) is 106 Å². The van der Waals surface area contributed by atoms with E-state index in [-0.39, 0.29) is 25.3 Å². The average Bonchev–Trinajstić information content (AvgIpc) is 3.94. The van der Waals surface area contributed by atoms with E-state index in [0.717, 1.165) is 25.3 Å². The SMILES string of the molecule is C[C@@H]1CC/C=C\[C@@H]2C[C@@]2(C(=O)NS(=O)(=O)C2(C)CC2)NC(=O)[C@@H]2C[C@@H](N(C(=O)O)C3=CC=C(F)C(=O)[C@H]3NC(=O)OC(C)(C)C(F)(F)F)CN2CC[C@H](C)C1. The normalized spacial score (nSPS) is 32.2. The molecule has 5 rings (SSSR count). The van der Waals surface area contributed by atoms with E-state index in [9.17, 15) is 55.1 Å². The molecule has 3 fully saturated rings. The van der Waals surface area contributed by atoms with Gasteiger partial charge in [0.1, 0.15) is 11.6 Å². The quantitative estimate of drug-likeness (QED) is 0.212. The van der Waals surface area contributed by atoms with Crippen molar-refractivity contribution in [1.29, 1.82) is 0 Å². The summed E-state index contributed by atoms with van der Waals surface area (Å²) in [6, 6.07) is -4.28. The van der Waals surface area contributed by atoms with Gasteiger partial charge < -0.3 is 20.5 Å². The highest BCUT2D eigenvalue weighted by atomic mass is 32.2. The molecule has 0 unspecified atom stereocenters. The van der Waals surface area contributed by atoms with Gasteiger partial charge in [0, 0.05) is 12.5 Å². The lowest BCUT2D eigenvalue weighted by molar-refractivity contribution is -0.244. The van der Waals surface area contributed by atoms with Crippen molar-refractivity contribution in [3.05, 3.63) is 35.8 Å². The van der Waals surface area contributed by atoms with Crippen LogP contribution in [0.15, 0.2) is 35.8 Å². The highest BCUT2D eigenvalue weighted by molar-refractivity contribution is 7.91. The molecule has 14 nitrogen and oxygen atoms in total. The van der Waals surface area contributed by atoms with E-state index in [1.54, 1.807) is 11.0 Å². The maximum absolute atomic E-state index is 14.6. The van der Waals surface area contributed by atoms with Crippen molar-refractivity contribution in [3.63, 3.8) is 0 Å². The number of fused-ring (bicyclic) bond motifs is 2. The number of halogens is 4. The predicted octanol–water partition coefficient (Wildman–Crippen LogP) is 4.44. The molecular weight excluding hydrogens is 754 g/mol. The minimum Gasteiger partial charge on any atom is -0.465 e. The molecule has 4 N–H and O–H groups in total. The first-order chi connectivity index (χ1) is 25.4. The van der Waals surface area contributed by atoms with Crippen molar-refractivity contribution >= 4 is 39.8 Å². The van der Waals surface area contributed by atoms with Crippen molar-refractivity contribution in [2.24, 2.45) is 17.8 Å². The number of hydrogen-bond donors (Lipinski definition) is 4. The number of carbonyl (C=O) groups excluding carboxylic acids is 4. The zero-order valence-corrected chi connectivity index (χ0v) is 32.2. The third kappa shape index (κ3) is 8.86. The summed E-state index contributed by atoms with van der Waals surface area (Å²) in [4.78, 5) is 69.0. The number of alkyl halides is 3. The zero-order valence-electron chi connectivity index (χ0n) is 31.4. The van der Waals surface area contributed by atoms with E-state index in [1.165, 1.54) is 6.92 Å². The molecule has 3 aliphatic carbocycles. The number of rotatable bonds is 7. The second-order valence-corrected chi connectivity index (χ2v) is 18.6. The van der Waals surface area contributed by atoms with Crippen LogP contribution < -0.4 is 15.4 Å². The van der Waals surface area contributed by atoms with Crippen LogP contribution in [0.2, 0.25) is 0 Å². The standard InChI is InChI=1S/C36H49F4N5O9S/c1-20-8-6-7-9-22-18-35(22,30(48)43-55(52,53)34(5)13-14-34)42-29(47)26-17-23(19-44(26)15-12-21(2)16-20)45(32(50)51)25-11-10-24(37)28(46)27(25)41-31(49)54-33(3,4)36(38,39)40/h7,9-11,20-23,26-27H,6,8,12-19H2,1-5H3,(H,41,49)(H,42,47)(H,43,48)(H,50,51)/b9-7-/t20-,21+,22-,23-,26+,27+,35-/m1/s1. The van der Waals surface area contributed by atoms with Gasteiger partial charge in [-0.1, -0.05) is 26.0 Å². The van der Waals surface area contributed by atoms with Crippen molar-refractivity contribution in [2.75, 3.05) is 13.1 Å². The Morgan fingerprint density at radius 2 is 1.73 bits per heavy atom. The van der Waals surface area contributed by atoms with Crippen LogP contribution in [-0.2, 0) is 29.1 Å². The van der Waals surface area contributed by atoms with Crippen molar-refractivity contribution in [1.82, 2.24) is 25.2 Å². The molecule has 5 aliphatic rings. The maximum Gasteiger partial charge on any atom is 0.427 e. The third-order valence-corrected chi connectivity index (χ3v) is 13.7. The van der Waals surface area contributed by atoms with E-state index < -0.39 is 97.4 Å². The number of Topliss-reactive ketones (excluding diaryl/α,β-unsaturated/α-hetero) is 1. The van der Waals surface area contributed by atoms with Crippen LogP contribution in [0.3, 0.4) is 0 Å². The molecule has 55 heavy (non-hydrogen) atoms. The molecule has 0 aromatic carbocycles. The van der Waals surface area contributed by atoms with Gasteiger partial charge in [0.15, 0.2) is 5.83 Å². The van der Waals surface area contributed by atoms with Crippen molar-refractivity contribution in [3.8, 4) is 0 Å². The minimum atomic E-state index is -5.02. The molecule has 0 radical (unpaired) electrons. The zero-order chi connectivity index (χ0) is 40.9. The van der Waals surface area contributed by atoms with Crippen LogP contribution in [0.5, 0.6) is 0 Å². The highest BCUT2D eigenvalue weighted by Gasteiger charge is 2.63. The molecule has 0 aromatic heterocycles. The van der Waals surface area contributed by atoms with Gasteiger partial charge in [-0.15, -0.1) is 0 Å². The molecule has 0 aromatic rings. The number of alkyl carbamates (subject to hydrolysis) is 1. The lowest BCUT2D eigenvalue weighted by Gasteiger charge is -2.34. The molecule has 2 aliphatic heterocycles. The number of ether oxygens (including phenoxy) is 1. The Labute approximate surface area is 317 Å². The summed E-state index contributed by atoms with van der Waals surface area (Å²) < 4.78 is 86.7. The smallest absolute Gasteiger partial charge is 0.427 e. The summed E-state index contributed by atoms with van der Waals surface area (Å²) in [5, 5.41) is 15.2. The number of hydrogen-bond acceptors (Lipinski definition) is 9. The van der Waals surface area contributed by atoms with Gasteiger partial charge in [0.05, 0.1) is 22.5 Å². The van der Waals surface area contributed by atoms with E-state index in [4.69, 9.17) is 0 Å². The van der Waals surface area contributed by atoms with Crippen molar-refractivity contribution in [2.45, 2.75) is 126 Å². The highest BCUT2D eigenvalue weighted by Crippen LogP contribution is 2.48. The molecule has 19 heteroatoms. The molecule has 1 saturated heterocycles. The second kappa shape index (κ2) is 15.2. The topological polar surface area (TPSA) is 192 Å². The third-order valence-electron chi connectivity index (χ3n) is 11.5. The van der Waals surface area contributed by atoms with Gasteiger partial charge >= 0.3 is 18.4 Å². The summed E-state index contributed by atoms with van der Waals surface area (Å²) in [7, 11) is -4.06. The summed E-state index contributed by atoms with van der Waals surface area (Å²) in [5.74, 6) is -4.38. The first-order valence-corrected chi connectivity index (χ1v) is 19.9. The largest absolute Gasteiger partial charge is 0.465 e. The van der Waals surface area contributed by atoms with Crippen LogP contribution >= 0.6 is 0 Å². The van der Waals surface area contributed by atoms with E-state index in [0.29, 0.717) is 56.5 Å². The van der Waals surface area contributed by atoms with Gasteiger partial charge in [0.2, 0.25) is 27.3 Å².